The van der Waals surface area contributed by atoms with E-state index in [2.05, 4.69) is 4.98 Å². The Morgan fingerprint density at radius 1 is 1.47 bits per heavy atom. The molecule has 2 aromatic rings. The number of rotatable bonds is 6. The van der Waals surface area contributed by atoms with Crippen LogP contribution in [0.15, 0.2) is 18.2 Å². The summed E-state index contributed by atoms with van der Waals surface area (Å²) in [6.07, 6.45) is 0.359. The van der Waals surface area contributed by atoms with Crippen LogP contribution < -0.4 is 4.74 Å². The molecule has 0 fully saturated rings. The third-order valence-electron chi connectivity index (χ3n) is 2.92. The van der Waals surface area contributed by atoms with Gasteiger partial charge in [-0.25, -0.2) is 4.98 Å². The standard InChI is InChI=1S/C13H16N2O4/c1-19-9-2-3-11-10(8-9)14-12(4-5-13(17)18)15(11)6-7-16/h2-3,8,16H,4-7H2,1H3,(H,17,18). The third kappa shape index (κ3) is 2.85. The number of hydrogen-bond donors (Lipinski definition) is 2. The van der Waals surface area contributed by atoms with Crippen molar-refractivity contribution in [2.24, 2.45) is 0 Å². The van der Waals surface area contributed by atoms with Crippen molar-refractivity contribution in [1.29, 1.82) is 0 Å². The second kappa shape index (κ2) is 5.71. The maximum absolute atomic E-state index is 10.7. The number of benzene rings is 1. The van der Waals surface area contributed by atoms with Gasteiger partial charge in [0.15, 0.2) is 0 Å². The van der Waals surface area contributed by atoms with Crippen molar-refractivity contribution >= 4 is 17.0 Å². The summed E-state index contributed by atoms with van der Waals surface area (Å²) >= 11 is 0. The highest BCUT2D eigenvalue weighted by molar-refractivity contribution is 5.78. The van der Waals surface area contributed by atoms with Gasteiger partial charge in [-0.15, -0.1) is 0 Å². The van der Waals surface area contributed by atoms with Gasteiger partial charge < -0.3 is 19.5 Å². The fourth-order valence-corrected chi connectivity index (χ4v) is 2.05. The Labute approximate surface area is 110 Å². The maximum Gasteiger partial charge on any atom is 0.303 e. The molecule has 1 heterocycles. The Balaban J connectivity index is 2.42. The molecule has 0 aliphatic carbocycles. The van der Waals surface area contributed by atoms with Crippen molar-refractivity contribution in [2.75, 3.05) is 13.7 Å². The number of aryl methyl sites for hydroxylation is 1. The SMILES string of the molecule is COc1ccc2c(c1)nc(CCC(=O)O)n2CCO. The van der Waals surface area contributed by atoms with E-state index in [1.54, 1.807) is 13.2 Å². The predicted octanol–water partition coefficient (Wildman–Crippen LogP) is 1.05. The molecule has 0 saturated carbocycles. The van der Waals surface area contributed by atoms with Crippen LogP contribution in [-0.4, -0.2) is 39.5 Å². The van der Waals surface area contributed by atoms with Crippen LogP contribution in [0.4, 0.5) is 0 Å². The number of methoxy groups -OCH3 is 1. The summed E-state index contributed by atoms with van der Waals surface area (Å²) in [5, 5.41) is 17.9. The summed E-state index contributed by atoms with van der Waals surface area (Å²) < 4.78 is 6.98. The first-order valence-electron chi connectivity index (χ1n) is 6.01. The van der Waals surface area contributed by atoms with Gasteiger partial charge in [-0.05, 0) is 12.1 Å². The first-order valence-corrected chi connectivity index (χ1v) is 6.01. The summed E-state index contributed by atoms with van der Waals surface area (Å²) in [5.41, 5.74) is 1.61. The van der Waals surface area contributed by atoms with Gasteiger partial charge in [0.25, 0.3) is 0 Å². The van der Waals surface area contributed by atoms with Crippen molar-refractivity contribution < 1.29 is 19.7 Å². The summed E-state index contributed by atoms with van der Waals surface area (Å²) in [7, 11) is 1.58. The van der Waals surface area contributed by atoms with Crippen LogP contribution in [0.3, 0.4) is 0 Å². The van der Waals surface area contributed by atoms with Gasteiger partial charge in [-0.3, -0.25) is 4.79 Å². The smallest absolute Gasteiger partial charge is 0.303 e. The minimum atomic E-state index is -0.861. The lowest BCUT2D eigenvalue weighted by atomic mass is 10.3. The second-order valence-corrected chi connectivity index (χ2v) is 4.15. The number of ether oxygens (including phenoxy) is 1. The molecule has 6 heteroatoms. The molecule has 1 aromatic carbocycles. The molecule has 0 radical (unpaired) electrons. The van der Waals surface area contributed by atoms with E-state index in [1.165, 1.54) is 0 Å². The van der Waals surface area contributed by atoms with E-state index in [1.807, 2.05) is 16.7 Å². The molecule has 0 aliphatic rings. The zero-order valence-corrected chi connectivity index (χ0v) is 10.7. The Morgan fingerprint density at radius 2 is 2.26 bits per heavy atom. The lowest BCUT2D eigenvalue weighted by Gasteiger charge is -2.06. The van der Waals surface area contributed by atoms with Crippen molar-refractivity contribution in [3.63, 3.8) is 0 Å². The number of aliphatic hydroxyl groups is 1. The topological polar surface area (TPSA) is 84.6 Å². The Hall–Kier alpha value is -2.08. The van der Waals surface area contributed by atoms with Crippen LogP contribution in [-0.2, 0) is 17.8 Å². The molecule has 1 aromatic heterocycles. The lowest BCUT2D eigenvalue weighted by molar-refractivity contribution is -0.137. The summed E-state index contributed by atoms with van der Waals surface area (Å²) in [4.78, 5) is 15.1. The van der Waals surface area contributed by atoms with E-state index in [-0.39, 0.29) is 13.0 Å². The number of fused-ring (bicyclic) bond motifs is 1. The number of hydrogen-bond acceptors (Lipinski definition) is 4. The van der Waals surface area contributed by atoms with Crippen molar-refractivity contribution in [2.45, 2.75) is 19.4 Å². The first-order chi connectivity index (χ1) is 9.15. The number of carboxylic acid groups (broad SMARTS) is 1. The Morgan fingerprint density at radius 3 is 2.89 bits per heavy atom. The number of aromatic nitrogens is 2. The first kappa shape index (κ1) is 13.4. The number of carbonyl (C=O) groups is 1. The monoisotopic (exact) mass is 264 g/mol. The highest BCUT2D eigenvalue weighted by Gasteiger charge is 2.12. The van der Waals surface area contributed by atoms with Gasteiger partial charge in [0.2, 0.25) is 0 Å². The molecule has 0 aliphatic heterocycles. The highest BCUT2D eigenvalue weighted by Crippen LogP contribution is 2.22. The lowest BCUT2D eigenvalue weighted by Crippen LogP contribution is -2.09. The van der Waals surface area contributed by atoms with Gasteiger partial charge in [-0.1, -0.05) is 0 Å². The van der Waals surface area contributed by atoms with Crippen LogP contribution >= 0.6 is 0 Å². The van der Waals surface area contributed by atoms with E-state index in [0.717, 1.165) is 11.0 Å². The van der Waals surface area contributed by atoms with Crippen LogP contribution in [0.25, 0.3) is 11.0 Å². The van der Waals surface area contributed by atoms with Crippen molar-refractivity contribution in [3.8, 4) is 5.75 Å². The zero-order valence-electron chi connectivity index (χ0n) is 10.7. The van der Waals surface area contributed by atoms with E-state index in [4.69, 9.17) is 14.9 Å². The van der Waals surface area contributed by atoms with E-state index in [0.29, 0.717) is 24.5 Å². The van der Waals surface area contributed by atoms with Gasteiger partial charge in [0, 0.05) is 19.0 Å². The Kier molecular flexibility index (Phi) is 4.01. The summed E-state index contributed by atoms with van der Waals surface area (Å²) in [6.45, 7) is 0.384. The minimum Gasteiger partial charge on any atom is -0.497 e. The molecule has 0 saturated heterocycles. The van der Waals surface area contributed by atoms with Crippen LogP contribution in [0.2, 0.25) is 0 Å². The molecule has 0 bridgehead atoms. The quantitative estimate of drug-likeness (QED) is 0.814. The number of aliphatic hydroxyl groups excluding tert-OH is 1. The average Bonchev–Trinajstić information content (AvgIpc) is 2.74. The molecule has 0 amide bonds. The fourth-order valence-electron chi connectivity index (χ4n) is 2.05. The third-order valence-corrected chi connectivity index (χ3v) is 2.92. The zero-order chi connectivity index (χ0) is 13.8. The molecule has 102 valence electrons. The second-order valence-electron chi connectivity index (χ2n) is 4.15. The highest BCUT2D eigenvalue weighted by atomic mass is 16.5. The van der Waals surface area contributed by atoms with E-state index in [9.17, 15) is 4.79 Å². The summed E-state index contributed by atoms with van der Waals surface area (Å²) in [6, 6.07) is 5.48. The molecule has 6 nitrogen and oxygen atoms in total. The number of carboxylic acids is 1. The number of nitrogens with zero attached hydrogens (tertiary/aromatic N) is 2. The number of aliphatic carboxylic acids is 1. The maximum atomic E-state index is 10.7. The molecule has 0 atom stereocenters. The molecule has 2 rings (SSSR count). The van der Waals surface area contributed by atoms with Gasteiger partial charge in [0.1, 0.15) is 11.6 Å². The molecule has 0 unspecified atom stereocenters. The van der Waals surface area contributed by atoms with Crippen molar-refractivity contribution in [3.05, 3.63) is 24.0 Å². The fraction of sp³-hybridized carbons (Fsp3) is 0.385. The minimum absolute atomic E-state index is 0.0163. The number of imidazole rings is 1. The van der Waals surface area contributed by atoms with Crippen LogP contribution in [0, 0.1) is 0 Å². The predicted molar refractivity (Wildman–Crippen MR) is 69.3 cm³/mol. The van der Waals surface area contributed by atoms with Gasteiger partial charge in [0.05, 0.1) is 31.2 Å². The van der Waals surface area contributed by atoms with Gasteiger partial charge in [-0.2, -0.15) is 0 Å². The normalized spacial score (nSPS) is 10.8. The van der Waals surface area contributed by atoms with Crippen LogP contribution in [0.5, 0.6) is 5.75 Å². The average molecular weight is 264 g/mol. The van der Waals surface area contributed by atoms with Crippen molar-refractivity contribution in [1.82, 2.24) is 9.55 Å². The molecule has 2 N–H and O–H groups in total. The van der Waals surface area contributed by atoms with E-state index < -0.39 is 5.97 Å². The summed E-state index contributed by atoms with van der Waals surface area (Å²) in [5.74, 6) is 0.505. The largest absolute Gasteiger partial charge is 0.497 e. The molecular formula is C13H16N2O4. The molecule has 19 heavy (non-hydrogen) atoms. The molecular weight excluding hydrogens is 248 g/mol. The van der Waals surface area contributed by atoms with Crippen LogP contribution in [0.1, 0.15) is 12.2 Å². The Bertz CT molecular complexity index is 592. The van der Waals surface area contributed by atoms with E-state index >= 15 is 0 Å². The van der Waals surface area contributed by atoms with Gasteiger partial charge >= 0.3 is 5.97 Å². The molecule has 0 spiro atoms.